The van der Waals surface area contributed by atoms with E-state index < -0.39 is 0 Å². The standard InChI is InChI=1S/C17H21N3O2S/c1-20(14-7-3-2-4-8-14)11-6-10-18-16(21)13-19-17(22)15-9-5-12-23-15/h2-5,7-9,12H,6,10-11,13H2,1H3,(H,18,21)(H,19,22). The minimum atomic E-state index is -0.209. The second-order valence-electron chi connectivity index (χ2n) is 5.12. The van der Waals surface area contributed by atoms with E-state index in [4.69, 9.17) is 0 Å². The van der Waals surface area contributed by atoms with E-state index in [-0.39, 0.29) is 18.4 Å². The number of anilines is 1. The molecule has 0 unspecified atom stereocenters. The Balaban J connectivity index is 1.59. The van der Waals surface area contributed by atoms with Crippen LogP contribution >= 0.6 is 11.3 Å². The predicted molar refractivity (Wildman–Crippen MR) is 94.0 cm³/mol. The van der Waals surface area contributed by atoms with Gasteiger partial charge in [0.15, 0.2) is 0 Å². The van der Waals surface area contributed by atoms with Crippen LogP contribution in [0.15, 0.2) is 47.8 Å². The molecule has 0 aliphatic heterocycles. The zero-order valence-corrected chi connectivity index (χ0v) is 13.9. The number of amides is 2. The van der Waals surface area contributed by atoms with E-state index in [1.165, 1.54) is 11.3 Å². The van der Waals surface area contributed by atoms with Gasteiger partial charge in [0.1, 0.15) is 0 Å². The minimum absolute atomic E-state index is 0.00522. The lowest BCUT2D eigenvalue weighted by Crippen LogP contribution is -2.37. The molecule has 2 N–H and O–H groups in total. The number of carbonyl (C=O) groups excluding carboxylic acids is 2. The lowest BCUT2D eigenvalue weighted by molar-refractivity contribution is -0.120. The van der Waals surface area contributed by atoms with Crippen molar-refractivity contribution in [1.82, 2.24) is 10.6 Å². The molecule has 2 aromatic rings. The Bertz CT molecular complexity index is 614. The molecule has 0 spiro atoms. The molecule has 0 bridgehead atoms. The van der Waals surface area contributed by atoms with Crippen molar-refractivity contribution in [2.24, 2.45) is 0 Å². The minimum Gasteiger partial charge on any atom is -0.375 e. The van der Waals surface area contributed by atoms with Crippen LogP contribution in [0, 0.1) is 0 Å². The maximum Gasteiger partial charge on any atom is 0.261 e. The highest BCUT2D eigenvalue weighted by molar-refractivity contribution is 7.12. The van der Waals surface area contributed by atoms with Crippen molar-refractivity contribution >= 4 is 28.8 Å². The van der Waals surface area contributed by atoms with Gasteiger partial charge in [-0.15, -0.1) is 11.3 Å². The lowest BCUT2D eigenvalue weighted by atomic mass is 10.3. The van der Waals surface area contributed by atoms with E-state index in [2.05, 4.69) is 27.7 Å². The van der Waals surface area contributed by atoms with Crippen LogP contribution in [0.3, 0.4) is 0 Å². The summed E-state index contributed by atoms with van der Waals surface area (Å²) in [6, 6.07) is 13.6. The highest BCUT2D eigenvalue weighted by Gasteiger charge is 2.08. The van der Waals surface area contributed by atoms with Crippen LogP contribution in [0.25, 0.3) is 0 Å². The molecule has 0 radical (unpaired) electrons. The summed E-state index contributed by atoms with van der Waals surface area (Å²) in [5, 5.41) is 7.25. The van der Waals surface area contributed by atoms with E-state index >= 15 is 0 Å². The molecular formula is C17H21N3O2S. The summed E-state index contributed by atoms with van der Waals surface area (Å²) in [4.78, 5) is 26.2. The highest BCUT2D eigenvalue weighted by Crippen LogP contribution is 2.10. The molecule has 0 aliphatic rings. The number of carbonyl (C=O) groups is 2. The van der Waals surface area contributed by atoms with Crippen LogP contribution in [-0.2, 0) is 4.79 Å². The van der Waals surface area contributed by atoms with Crippen molar-refractivity contribution in [3.63, 3.8) is 0 Å². The first kappa shape index (κ1) is 17.0. The predicted octanol–water partition coefficient (Wildman–Crippen LogP) is 2.12. The monoisotopic (exact) mass is 331 g/mol. The Labute approximate surface area is 140 Å². The van der Waals surface area contributed by atoms with E-state index in [0.29, 0.717) is 11.4 Å². The number of rotatable bonds is 8. The Kier molecular flexibility index (Phi) is 6.62. The van der Waals surface area contributed by atoms with Gasteiger partial charge in [-0.25, -0.2) is 0 Å². The van der Waals surface area contributed by atoms with Crippen molar-refractivity contribution in [3.05, 3.63) is 52.7 Å². The van der Waals surface area contributed by atoms with E-state index in [1.807, 2.05) is 36.7 Å². The summed E-state index contributed by atoms with van der Waals surface area (Å²) in [6.45, 7) is 1.45. The summed E-state index contributed by atoms with van der Waals surface area (Å²) in [7, 11) is 2.03. The summed E-state index contributed by atoms with van der Waals surface area (Å²) in [6.07, 6.45) is 0.843. The molecule has 1 aromatic carbocycles. The molecule has 6 heteroatoms. The molecule has 0 aliphatic carbocycles. The molecule has 122 valence electrons. The fraction of sp³-hybridized carbons (Fsp3) is 0.294. The second kappa shape index (κ2) is 8.95. The van der Waals surface area contributed by atoms with Crippen LogP contribution in [0.2, 0.25) is 0 Å². The van der Waals surface area contributed by atoms with Crippen LogP contribution in [0.1, 0.15) is 16.1 Å². The normalized spacial score (nSPS) is 10.1. The summed E-state index contributed by atoms with van der Waals surface area (Å²) >= 11 is 1.36. The molecule has 2 amide bonds. The number of hydrogen-bond acceptors (Lipinski definition) is 4. The Morgan fingerprint density at radius 1 is 1.09 bits per heavy atom. The number of benzene rings is 1. The number of thiophene rings is 1. The zero-order chi connectivity index (χ0) is 16.5. The van der Waals surface area contributed by atoms with Crippen LogP contribution in [0.4, 0.5) is 5.69 Å². The van der Waals surface area contributed by atoms with Crippen molar-refractivity contribution < 1.29 is 9.59 Å². The van der Waals surface area contributed by atoms with Crippen molar-refractivity contribution in [1.29, 1.82) is 0 Å². The Morgan fingerprint density at radius 3 is 2.57 bits per heavy atom. The molecule has 1 aromatic heterocycles. The maximum absolute atomic E-state index is 11.7. The average molecular weight is 331 g/mol. The number of hydrogen-bond donors (Lipinski definition) is 2. The lowest BCUT2D eigenvalue weighted by Gasteiger charge is -2.19. The Hall–Kier alpha value is -2.34. The molecule has 0 saturated carbocycles. The third-order valence-corrected chi connectivity index (χ3v) is 4.21. The van der Waals surface area contributed by atoms with Crippen molar-refractivity contribution in [2.45, 2.75) is 6.42 Å². The average Bonchev–Trinajstić information content (AvgIpc) is 3.12. The van der Waals surface area contributed by atoms with E-state index in [0.717, 1.165) is 18.7 Å². The SMILES string of the molecule is CN(CCCNC(=O)CNC(=O)c1cccs1)c1ccccc1. The van der Waals surface area contributed by atoms with Gasteiger partial charge in [0, 0.05) is 25.8 Å². The first-order valence-electron chi connectivity index (χ1n) is 7.51. The first-order chi connectivity index (χ1) is 11.2. The molecule has 5 nitrogen and oxygen atoms in total. The zero-order valence-electron chi connectivity index (χ0n) is 13.1. The molecule has 2 rings (SSSR count). The number of para-hydroxylation sites is 1. The molecule has 0 fully saturated rings. The second-order valence-corrected chi connectivity index (χ2v) is 6.07. The van der Waals surface area contributed by atoms with Crippen LogP contribution in [0.5, 0.6) is 0 Å². The third kappa shape index (κ3) is 5.75. The van der Waals surface area contributed by atoms with Gasteiger partial charge in [-0.05, 0) is 30.0 Å². The highest BCUT2D eigenvalue weighted by atomic mass is 32.1. The first-order valence-corrected chi connectivity index (χ1v) is 8.39. The molecule has 23 heavy (non-hydrogen) atoms. The quantitative estimate of drug-likeness (QED) is 0.729. The molecule has 0 saturated heterocycles. The van der Waals surface area contributed by atoms with Gasteiger partial charge < -0.3 is 15.5 Å². The fourth-order valence-electron chi connectivity index (χ4n) is 2.07. The van der Waals surface area contributed by atoms with Crippen LogP contribution in [-0.4, -0.2) is 38.5 Å². The number of nitrogens with zero attached hydrogens (tertiary/aromatic N) is 1. The van der Waals surface area contributed by atoms with Gasteiger partial charge in [-0.2, -0.15) is 0 Å². The van der Waals surface area contributed by atoms with Gasteiger partial charge in [-0.1, -0.05) is 24.3 Å². The summed E-state index contributed by atoms with van der Waals surface area (Å²) in [5.74, 6) is -0.378. The fourth-order valence-corrected chi connectivity index (χ4v) is 2.71. The van der Waals surface area contributed by atoms with E-state index in [1.54, 1.807) is 6.07 Å². The summed E-state index contributed by atoms with van der Waals surface area (Å²) in [5.41, 5.74) is 1.15. The maximum atomic E-state index is 11.7. The molecule has 1 heterocycles. The molecule has 0 atom stereocenters. The van der Waals surface area contributed by atoms with Gasteiger partial charge in [0.25, 0.3) is 5.91 Å². The van der Waals surface area contributed by atoms with Crippen molar-refractivity contribution in [3.8, 4) is 0 Å². The van der Waals surface area contributed by atoms with Gasteiger partial charge in [0.05, 0.1) is 11.4 Å². The Morgan fingerprint density at radius 2 is 1.87 bits per heavy atom. The van der Waals surface area contributed by atoms with Gasteiger partial charge >= 0.3 is 0 Å². The topological polar surface area (TPSA) is 61.4 Å². The largest absolute Gasteiger partial charge is 0.375 e. The molecular weight excluding hydrogens is 310 g/mol. The smallest absolute Gasteiger partial charge is 0.261 e. The van der Waals surface area contributed by atoms with Crippen LogP contribution < -0.4 is 15.5 Å². The van der Waals surface area contributed by atoms with Gasteiger partial charge in [0.2, 0.25) is 5.91 Å². The van der Waals surface area contributed by atoms with E-state index in [9.17, 15) is 9.59 Å². The van der Waals surface area contributed by atoms with Gasteiger partial charge in [-0.3, -0.25) is 9.59 Å². The third-order valence-electron chi connectivity index (χ3n) is 3.34. The number of nitrogens with one attached hydrogen (secondary N) is 2. The summed E-state index contributed by atoms with van der Waals surface area (Å²) < 4.78 is 0. The van der Waals surface area contributed by atoms with Crippen molar-refractivity contribution in [2.75, 3.05) is 31.6 Å².